The van der Waals surface area contributed by atoms with E-state index in [1.54, 1.807) is 0 Å². The molecule has 0 aromatic heterocycles. The topological polar surface area (TPSA) is 70.7 Å². The van der Waals surface area contributed by atoms with Crippen molar-refractivity contribution >= 4 is 47.6 Å². The number of nitrogens with zero attached hydrogens (tertiary/aromatic N) is 2. The van der Waals surface area contributed by atoms with Crippen LogP contribution in [0.3, 0.4) is 0 Å². The number of nitrogens with one attached hydrogen (secondary N) is 1. The molecule has 26 heavy (non-hydrogen) atoms. The van der Waals surface area contributed by atoms with Gasteiger partial charge in [0.25, 0.3) is 0 Å². The second kappa shape index (κ2) is 12.4. The van der Waals surface area contributed by atoms with E-state index in [0.717, 1.165) is 45.0 Å². The number of carbonyl (C=O) groups excluding carboxylic acids is 1. The van der Waals surface area contributed by atoms with Gasteiger partial charge in [0, 0.05) is 36.2 Å². The average Bonchev–Trinajstić information content (AvgIpc) is 2.59. The summed E-state index contributed by atoms with van der Waals surface area (Å²) in [5.74, 6) is 1.09. The van der Waals surface area contributed by atoms with Crippen LogP contribution in [0.5, 0.6) is 0 Å². The molecule has 2 unspecified atom stereocenters. The third-order valence-electron chi connectivity index (χ3n) is 4.22. The second-order valence-corrected chi connectivity index (χ2v) is 8.07. The summed E-state index contributed by atoms with van der Waals surface area (Å²) < 4.78 is 0. The smallest absolute Gasteiger partial charge is 0.217 e. The van der Waals surface area contributed by atoms with Crippen molar-refractivity contribution in [2.45, 2.75) is 43.3 Å². The van der Waals surface area contributed by atoms with Crippen LogP contribution in [0.1, 0.15) is 33.1 Å². The molecule has 0 spiro atoms. The standard InChI is InChI=1S/C19H30N4OS.HI/c1-3-21-19(23-11-7-8-16(14-23)12-18(20)24)22-13-15(2)25-17-9-5-4-6-10-17;/h4-6,9-10,15-16H,3,7-8,11-14H2,1-2H3,(H2,20,24)(H,21,22);1H. The summed E-state index contributed by atoms with van der Waals surface area (Å²) in [6.45, 7) is 7.74. The summed E-state index contributed by atoms with van der Waals surface area (Å²) in [4.78, 5) is 19.6. The third-order valence-corrected chi connectivity index (χ3v) is 5.32. The Kier molecular flexibility index (Phi) is 11.0. The van der Waals surface area contributed by atoms with Crippen molar-refractivity contribution in [3.8, 4) is 0 Å². The molecule has 1 aromatic carbocycles. The summed E-state index contributed by atoms with van der Waals surface area (Å²) in [7, 11) is 0. The first kappa shape index (κ1) is 23.1. The van der Waals surface area contributed by atoms with Gasteiger partial charge < -0.3 is 16.0 Å². The highest BCUT2D eigenvalue weighted by Gasteiger charge is 2.23. The van der Waals surface area contributed by atoms with Crippen LogP contribution in [-0.4, -0.2) is 48.2 Å². The van der Waals surface area contributed by atoms with E-state index < -0.39 is 0 Å². The Morgan fingerprint density at radius 1 is 1.42 bits per heavy atom. The van der Waals surface area contributed by atoms with Gasteiger partial charge in [-0.05, 0) is 37.8 Å². The molecule has 1 aliphatic heterocycles. The van der Waals surface area contributed by atoms with E-state index in [4.69, 9.17) is 10.7 Å². The molecule has 0 saturated carbocycles. The van der Waals surface area contributed by atoms with Gasteiger partial charge in [-0.25, -0.2) is 0 Å². The number of carbonyl (C=O) groups is 1. The van der Waals surface area contributed by atoms with Gasteiger partial charge >= 0.3 is 0 Å². The van der Waals surface area contributed by atoms with Gasteiger partial charge in [-0.3, -0.25) is 9.79 Å². The SMILES string of the molecule is CCNC(=NCC(C)Sc1ccccc1)N1CCCC(CC(N)=O)C1.I. The first-order valence-electron chi connectivity index (χ1n) is 9.11. The van der Waals surface area contributed by atoms with Crippen molar-refractivity contribution in [3.63, 3.8) is 0 Å². The van der Waals surface area contributed by atoms with Gasteiger partial charge in [0.2, 0.25) is 5.91 Å². The fraction of sp³-hybridized carbons (Fsp3) is 0.579. The molecule has 1 fully saturated rings. The number of amides is 1. The number of piperidine rings is 1. The maximum atomic E-state index is 11.2. The lowest BCUT2D eigenvalue weighted by molar-refractivity contribution is -0.119. The first-order valence-corrected chi connectivity index (χ1v) is 9.99. The maximum Gasteiger partial charge on any atom is 0.217 e. The van der Waals surface area contributed by atoms with E-state index >= 15 is 0 Å². The van der Waals surface area contributed by atoms with Gasteiger partial charge in [0.15, 0.2) is 5.96 Å². The minimum absolute atomic E-state index is 0. The van der Waals surface area contributed by atoms with Crippen LogP contribution in [0.2, 0.25) is 0 Å². The van der Waals surface area contributed by atoms with Gasteiger partial charge in [-0.2, -0.15) is 0 Å². The quantitative estimate of drug-likeness (QED) is 0.266. The van der Waals surface area contributed by atoms with Crippen LogP contribution in [0, 0.1) is 5.92 Å². The molecular formula is C19H31IN4OS. The molecule has 146 valence electrons. The zero-order chi connectivity index (χ0) is 18.1. The number of likely N-dealkylation sites (tertiary alicyclic amines) is 1. The number of benzene rings is 1. The van der Waals surface area contributed by atoms with Crippen molar-refractivity contribution in [3.05, 3.63) is 30.3 Å². The zero-order valence-electron chi connectivity index (χ0n) is 15.7. The number of rotatable bonds is 7. The molecule has 1 saturated heterocycles. The van der Waals surface area contributed by atoms with Gasteiger partial charge in [0.05, 0.1) is 6.54 Å². The number of hydrogen-bond acceptors (Lipinski definition) is 3. The van der Waals surface area contributed by atoms with Gasteiger partial charge in [-0.1, -0.05) is 25.1 Å². The van der Waals surface area contributed by atoms with E-state index in [9.17, 15) is 4.79 Å². The third kappa shape index (κ3) is 8.16. The fourth-order valence-electron chi connectivity index (χ4n) is 3.12. The molecule has 3 N–H and O–H groups in total. The highest BCUT2D eigenvalue weighted by atomic mass is 127. The summed E-state index contributed by atoms with van der Waals surface area (Å²) in [6.07, 6.45) is 2.62. The number of primary amides is 1. The molecule has 7 heteroatoms. The molecule has 1 aromatic rings. The molecule has 2 atom stereocenters. The average molecular weight is 490 g/mol. The van der Waals surface area contributed by atoms with Crippen LogP contribution < -0.4 is 11.1 Å². The Hall–Kier alpha value is -0.960. The fourth-order valence-corrected chi connectivity index (χ4v) is 4.05. The molecule has 1 heterocycles. The lowest BCUT2D eigenvalue weighted by Crippen LogP contribution is -2.47. The number of thioether (sulfide) groups is 1. The van der Waals surface area contributed by atoms with Crippen LogP contribution in [-0.2, 0) is 4.79 Å². The van der Waals surface area contributed by atoms with Crippen molar-refractivity contribution in [2.24, 2.45) is 16.6 Å². The van der Waals surface area contributed by atoms with E-state index in [1.165, 1.54) is 4.90 Å². The minimum atomic E-state index is -0.207. The number of guanidine groups is 1. The normalized spacial score (nSPS) is 18.8. The number of aliphatic imine (C=N–C) groups is 1. The Morgan fingerprint density at radius 2 is 2.15 bits per heavy atom. The van der Waals surface area contributed by atoms with Crippen molar-refractivity contribution in [2.75, 3.05) is 26.2 Å². The maximum absolute atomic E-state index is 11.2. The number of nitrogens with two attached hydrogens (primary N) is 1. The van der Waals surface area contributed by atoms with Crippen LogP contribution in [0.25, 0.3) is 0 Å². The molecule has 0 bridgehead atoms. The van der Waals surface area contributed by atoms with Crippen LogP contribution in [0.4, 0.5) is 0 Å². The van der Waals surface area contributed by atoms with Crippen molar-refractivity contribution in [1.82, 2.24) is 10.2 Å². The van der Waals surface area contributed by atoms with Crippen LogP contribution in [0.15, 0.2) is 40.2 Å². The largest absolute Gasteiger partial charge is 0.370 e. The van der Waals surface area contributed by atoms with Gasteiger partial charge in [0.1, 0.15) is 0 Å². The highest BCUT2D eigenvalue weighted by Crippen LogP contribution is 2.23. The van der Waals surface area contributed by atoms with Crippen molar-refractivity contribution < 1.29 is 4.79 Å². The summed E-state index contributed by atoms with van der Waals surface area (Å²) in [5.41, 5.74) is 5.37. The van der Waals surface area contributed by atoms with E-state index in [0.29, 0.717) is 17.6 Å². The Morgan fingerprint density at radius 3 is 2.81 bits per heavy atom. The Balaban J connectivity index is 0.00000338. The predicted octanol–water partition coefficient (Wildman–Crippen LogP) is 3.34. The lowest BCUT2D eigenvalue weighted by Gasteiger charge is -2.34. The zero-order valence-corrected chi connectivity index (χ0v) is 18.8. The van der Waals surface area contributed by atoms with Crippen molar-refractivity contribution in [1.29, 1.82) is 0 Å². The van der Waals surface area contributed by atoms with Crippen LogP contribution >= 0.6 is 35.7 Å². The van der Waals surface area contributed by atoms with E-state index in [1.807, 2.05) is 17.8 Å². The Labute approximate surface area is 178 Å². The molecule has 0 radical (unpaired) electrons. The molecule has 1 aliphatic rings. The highest BCUT2D eigenvalue weighted by molar-refractivity contribution is 14.0. The second-order valence-electron chi connectivity index (χ2n) is 6.56. The van der Waals surface area contributed by atoms with Gasteiger partial charge in [-0.15, -0.1) is 35.7 Å². The molecule has 2 rings (SSSR count). The summed E-state index contributed by atoms with van der Waals surface area (Å²) >= 11 is 1.84. The predicted molar refractivity (Wildman–Crippen MR) is 121 cm³/mol. The first-order chi connectivity index (χ1) is 12.1. The molecule has 1 amide bonds. The summed E-state index contributed by atoms with van der Waals surface area (Å²) in [6, 6.07) is 10.4. The molecular weight excluding hydrogens is 459 g/mol. The monoisotopic (exact) mass is 490 g/mol. The number of hydrogen-bond donors (Lipinski definition) is 2. The molecule has 0 aliphatic carbocycles. The summed E-state index contributed by atoms with van der Waals surface area (Å²) in [5, 5.41) is 3.80. The van der Waals surface area contributed by atoms with E-state index in [-0.39, 0.29) is 29.9 Å². The Bertz CT molecular complexity index is 570. The molecule has 5 nitrogen and oxygen atoms in total. The number of halogens is 1. The van der Waals surface area contributed by atoms with E-state index in [2.05, 4.69) is 48.3 Å². The lowest BCUT2D eigenvalue weighted by atomic mass is 9.95. The minimum Gasteiger partial charge on any atom is -0.370 e.